The molecule has 0 saturated heterocycles. The Labute approximate surface area is 180 Å². The second kappa shape index (κ2) is 8.23. The second-order valence-corrected chi connectivity index (χ2v) is 8.38. The summed E-state index contributed by atoms with van der Waals surface area (Å²) in [6, 6.07) is 3.10. The van der Waals surface area contributed by atoms with Gasteiger partial charge in [0.15, 0.2) is 5.78 Å². The van der Waals surface area contributed by atoms with E-state index in [1.165, 1.54) is 26.0 Å². The van der Waals surface area contributed by atoms with Crippen molar-refractivity contribution in [2.75, 3.05) is 6.61 Å². The number of allylic oxidation sites excluding steroid dienone is 2. The van der Waals surface area contributed by atoms with E-state index in [-0.39, 0.29) is 28.4 Å². The van der Waals surface area contributed by atoms with Crippen LogP contribution in [0.5, 0.6) is 5.75 Å². The van der Waals surface area contributed by atoms with E-state index in [4.69, 9.17) is 9.47 Å². The molecule has 0 saturated carbocycles. The average molecular weight is 426 g/mol. The summed E-state index contributed by atoms with van der Waals surface area (Å²) in [6.07, 6.45) is 2.54. The maximum absolute atomic E-state index is 13.6. The first kappa shape index (κ1) is 22.6. The largest absolute Gasteiger partial charge is 0.465 e. The van der Waals surface area contributed by atoms with Gasteiger partial charge in [0.2, 0.25) is 11.6 Å². The van der Waals surface area contributed by atoms with Gasteiger partial charge in [-0.1, -0.05) is 26.0 Å². The highest BCUT2D eigenvalue weighted by Gasteiger charge is 2.58. The molecule has 1 heterocycles. The number of benzene rings is 1. The second-order valence-electron chi connectivity index (χ2n) is 8.38. The summed E-state index contributed by atoms with van der Waals surface area (Å²) in [4.78, 5) is 51.0. The predicted octanol–water partition coefficient (Wildman–Crippen LogP) is 3.30. The zero-order valence-corrected chi connectivity index (χ0v) is 18.3. The van der Waals surface area contributed by atoms with Crippen molar-refractivity contribution in [3.63, 3.8) is 0 Å². The molecule has 3 rings (SSSR count). The zero-order valence-electron chi connectivity index (χ0n) is 18.3. The van der Waals surface area contributed by atoms with Crippen molar-refractivity contribution in [1.29, 1.82) is 0 Å². The predicted molar refractivity (Wildman–Crippen MR) is 112 cm³/mol. The van der Waals surface area contributed by atoms with Gasteiger partial charge >= 0.3 is 5.97 Å². The Morgan fingerprint density at radius 2 is 1.84 bits per heavy atom. The van der Waals surface area contributed by atoms with E-state index >= 15 is 0 Å². The molecule has 31 heavy (non-hydrogen) atoms. The first-order chi connectivity index (χ1) is 14.5. The van der Waals surface area contributed by atoms with Crippen molar-refractivity contribution in [3.8, 4) is 5.75 Å². The van der Waals surface area contributed by atoms with Crippen LogP contribution in [-0.2, 0) is 14.3 Å². The number of carbonyl (C=O) groups is 4. The molecule has 164 valence electrons. The number of fused-ring (bicyclic) bond motifs is 1. The van der Waals surface area contributed by atoms with Crippen LogP contribution in [0.25, 0.3) is 0 Å². The van der Waals surface area contributed by atoms with E-state index in [0.717, 1.165) is 0 Å². The fourth-order valence-electron chi connectivity index (χ4n) is 4.23. The molecular weight excluding hydrogens is 400 g/mol. The minimum absolute atomic E-state index is 0.0217. The number of hydrogen-bond acceptors (Lipinski definition) is 7. The molecule has 1 N–H and O–H groups in total. The summed E-state index contributed by atoms with van der Waals surface area (Å²) in [5.41, 5.74) is -0.864. The number of ether oxygens (including phenoxy) is 2. The van der Waals surface area contributed by atoms with E-state index in [1.54, 1.807) is 19.1 Å². The van der Waals surface area contributed by atoms with Gasteiger partial charge in [0.25, 0.3) is 5.60 Å². The molecule has 0 aromatic heterocycles. The molecule has 2 atom stereocenters. The third-order valence-electron chi connectivity index (χ3n) is 5.43. The topological polar surface area (TPSA) is 107 Å². The molecule has 0 amide bonds. The summed E-state index contributed by atoms with van der Waals surface area (Å²) in [5.74, 6) is -1.99. The summed E-state index contributed by atoms with van der Waals surface area (Å²) in [5, 5.41) is 9.86. The van der Waals surface area contributed by atoms with Crippen molar-refractivity contribution >= 4 is 23.3 Å². The van der Waals surface area contributed by atoms with Crippen LogP contribution < -0.4 is 4.74 Å². The Bertz CT molecular complexity index is 1040. The summed E-state index contributed by atoms with van der Waals surface area (Å²) < 4.78 is 11.3. The number of Topliss-reactive ketones (excluding diaryl/α,β-unsaturated/α-hetero) is 2. The van der Waals surface area contributed by atoms with Gasteiger partial charge in [0.05, 0.1) is 12.2 Å². The Balaban J connectivity index is 2.21. The molecule has 1 aromatic carbocycles. The lowest BCUT2D eigenvalue weighted by Crippen LogP contribution is -2.51. The molecule has 0 bridgehead atoms. The van der Waals surface area contributed by atoms with Crippen LogP contribution in [0, 0.1) is 5.92 Å². The van der Waals surface area contributed by atoms with E-state index in [1.807, 2.05) is 13.8 Å². The van der Waals surface area contributed by atoms with Crippen molar-refractivity contribution in [3.05, 3.63) is 52.1 Å². The van der Waals surface area contributed by atoms with Gasteiger partial charge < -0.3 is 14.6 Å². The van der Waals surface area contributed by atoms with Gasteiger partial charge in [-0.25, -0.2) is 0 Å². The van der Waals surface area contributed by atoms with Crippen LogP contribution in [0.2, 0.25) is 0 Å². The minimum Gasteiger partial charge on any atom is -0.465 e. The lowest BCUT2D eigenvalue weighted by Gasteiger charge is -2.29. The standard InChI is InChI=1S/C24H26O7/c1-12(2)8-19(30-15(5)27)17-6-7-18-22(21(17)14(4)26)23(29)24(31-18)16(11-25)9-13(3)10-20(24)28/h6-7,9-10,12,19,25H,8,11H2,1-5H3. The molecule has 0 fully saturated rings. The number of hydrogen-bond donors (Lipinski definition) is 1. The molecule has 1 aliphatic carbocycles. The lowest BCUT2D eigenvalue weighted by molar-refractivity contribution is -0.147. The van der Waals surface area contributed by atoms with Gasteiger partial charge in [0, 0.05) is 23.6 Å². The normalized spacial score (nSPS) is 20.9. The molecule has 1 spiro atoms. The number of aliphatic hydroxyl groups excluding tert-OH is 1. The number of aliphatic hydroxyl groups is 1. The average Bonchev–Trinajstić information content (AvgIpc) is 2.96. The van der Waals surface area contributed by atoms with E-state index in [9.17, 15) is 24.3 Å². The van der Waals surface area contributed by atoms with Crippen molar-refractivity contribution in [2.45, 2.75) is 52.7 Å². The number of ketones is 3. The maximum atomic E-state index is 13.6. The third kappa shape index (κ3) is 3.74. The maximum Gasteiger partial charge on any atom is 0.303 e. The van der Waals surface area contributed by atoms with Crippen molar-refractivity contribution in [1.82, 2.24) is 0 Å². The molecule has 0 radical (unpaired) electrons. The van der Waals surface area contributed by atoms with Crippen LogP contribution in [0.1, 0.15) is 73.4 Å². The van der Waals surface area contributed by atoms with Crippen molar-refractivity contribution < 1.29 is 33.8 Å². The molecule has 2 unspecified atom stereocenters. The molecule has 1 aromatic rings. The van der Waals surface area contributed by atoms with Gasteiger partial charge in [-0.15, -0.1) is 0 Å². The minimum atomic E-state index is -2.02. The molecule has 7 nitrogen and oxygen atoms in total. The lowest BCUT2D eigenvalue weighted by atomic mass is 9.78. The van der Waals surface area contributed by atoms with Gasteiger partial charge in [0.1, 0.15) is 11.9 Å². The van der Waals surface area contributed by atoms with Crippen LogP contribution in [-0.4, -0.2) is 40.6 Å². The first-order valence-electron chi connectivity index (χ1n) is 10.2. The van der Waals surface area contributed by atoms with E-state index < -0.39 is 41.6 Å². The molecule has 7 heteroatoms. The molecule has 2 aliphatic rings. The molecule has 1 aliphatic heterocycles. The smallest absolute Gasteiger partial charge is 0.303 e. The van der Waals surface area contributed by atoms with Crippen LogP contribution in [0.15, 0.2) is 35.4 Å². The quantitative estimate of drug-likeness (QED) is 0.422. The SMILES string of the molecule is CC(=O)OC(CC(C)C)c1ccc2c(c1C(C)=O)C(=O)C1(O2)C(=O)C=C(C)C=C1CO. The first-order valence-corrected chi connectivity index (χ1v) is 10.2. The highest BCUT2D eigenvalue weighted by atomic mass is 16.5. The molecular formula is C24H26O7. The van der Waals surface area contributed by atoms with Crippen LogP contribution >= 0.6 is 0 Å². The van der Waals surface area contributed by atoms with Crippen molar-refractivity contribution in [2.24, 2.45) is 5.92 Å². The Hall–Kier alpha value is -3.06. The van der Waals surface area contributed by atoms with Crippen LogP contribution in [0.4, 0.5) is 0 Å². The number of carbonyl (C=O) groups excluding carboxylic acids is 4. The Morgan fingerprint density at radius 1 is 1.16 bits per heavy atom. The highest BCUT2D eigenvalue weighted by Crippen LogP contribution is 2.46. The van der Waals surface area contributed by atoms with E-state index in [0.29, 0.717) is 17.6 Å². The van der Waals surface area contributed by atoms with E-state index in [2.05, 4.69) is 0 Å². The van der Waals surface area contributed by atoms with Gasteiger partial charge in [-0.3, -0.25) is 19.2 Å². The monoisotopic (exact) mass is 426 g/mol. The van der Waals surface area contributed by atoms with Gasteiger partial charge in [-0.05, 0) is 43.9 Å². The fourth-order valence-corrected chi connectivity index (χ4v) is 4.23. The Kier molecular flexibility index (Phi) is 6.00. The number of rotatable bonds is 6. The summed E-state index contributed by atoms with van der Waals surface area (Å²) >= 11 is 0. The fraction of sp³-hybridized carbons (Fsp3) is 0.417. The third-order valence-corrected chi connectivity index (χ3v) is 5.43. The summed E-state index contributed by atoms with van der Waals surface area (Å²) in [6.45, 7) is 7.63. The summed E-state index contributed by atoms with van der Waals surface area (Å²) in [7, 11) is 0. The van der Waals surface area contributed by atoms with Crippen LogP contribution in [0.3, 0.4) is 0 Å². The number of esters is 1. The Morgan fingerprint density at radius 3 is 2.39 bits per heavy atom. The highest BCUT2D eigenvalue weighted by molar-refractivity contribution is 6.29. The van der Waals surface area contributed by atoms with Gasteiger partial charge in [-0.2, -0.15) is 0 Å². The zero-order chi connectivity index (χ0) is 23.1.